The summed E-state index contributed by atoms with van der Waals surface area (Å²) in [6.45, 7) is 2.23. The lowest BCUT2D eigenvalue weighted by atomic mass is 10.1. The van der Waals surface area contributed by atoms with Crippen LogP contribution in [0.1, 0.15) is 64.7 Å². The Bertz CT molecular complexity index is 351. The van der Waals surface area contributed by atoms with Crippen molar-refractivity contribution in [3.63, 3.8) is 0 Å². The zero-order chi connectivity index (χ0) is 14.5. The lowest BCUT2D eigenvalue weighted by Gasteiger charge is -2.06. The van der Waals surface area contributed by atoms with Gasteiger partial charge in [0.25, 0.3) is 0 Å². The summed E-state index contributed by atoms with van der Waals surface area (Å²) in [6.07, 6.45) is 10.4. The number of benzene rings is 1. The third kappa shape index (κ3) is 8.57. The van der Waals surface area contributed by atoms with Crippen molar-refractivity contribution in [2.75, 3.05) is 5.48 Å². The van der Waals surface area contributed by atoms with E-state index in [0.29, 0.717) is 6.42 Å². The Balaban J connectivity index is 1.93. The van der Waals surface area contributed by atoms with E-state index in [1.54, 1.807) is 0 Å². The van der Waals surface area contributed by atoms with Gasteiger partial charge in [0.2, 0.25) is 0 Å². The van der Waals surface area contributed by atoms with Crippen LogP contribution in [0.15, 0.2) is 30.3 Å². The standard InChI is InChI=1S/C17H27NO2/c1-2-3-4-5-6-7-8-12-15-17(19)20-18-16-13-10-9-11-14-16/h9-11,13-14,18H,2-8,12,15H2,1H3. The normalized spacial score (nSPS) is 10.2. The molecule has 3 nitrogen and oxygen atoms in total. The molecule has 1 rings (SSSR count). The molecule has 0 amide bonds. The Morgan fingerprint density at radius 1 is 0.950 bits per heavy atom. The van der Waals surface area contributed by atoms with Crippen molar-refractivity contribution < 1.29 is 9.63 Å². The minimum absolute atomic E-state index is 0.181. The highest BCUT2D eigenvalue weighted by Gasteiger charge is 2.02. The molecule has 1 aromatic carbocycles. The van der Waals surface area contributed by atoms with Gasteiger partial charge in [-0.15, -0.1) is 0 Å². The average Bonchev–Trinajstić information content (AvgIpc) is 2.49. The van der Waals surface area contributed by atoms with Gasteiger partial charge in [-0.3, -0.25) is 0 Å². The highest BCUT2D eigenvalue weighted by atomic mass is 16.7. The fraction of sp³-hybridized carbons (Fsp3) is 0.588. The van der Waals surface area contributed by atoms with Crippen molar-refractivity contribution in [2.45, 2.75) is 64.7 Å². The molecule has 0 aliphatic heterocycles. The second kappa shape index (κ2) is 11.3. The van der Waals surface area contributed by atoms with Crippen molar-refractivity contribution in [1.82, 2.24) is 0 Å². The van der Waals surface area contributed by atoms with Crippen LogP contribution in [0.3, 0.4) is 0 Å². The van der Waals surface area contributed by atoms with E-state index in [9.17, 15) is 4.79 Å². The summed E-state index contributed by atoms with van der Waals surface area (Å²) < 4.78 is 0. The van der Waals surface area contributed by atoms with Crippen molar-refractivity contribution in [3.8, 4) is 0 Å². The van der Waals surface area contributed by atoms with E-state index < -0.39 is 0 Å². The van der Waals surface area contributed by atoms with Gasteiger partial charge in [-0.05, 0) is 18.6 Å². The van der Waals surface area contributed by atoms with Gasteiger partial charge in [0.15, 0.2) is 0 Å². The second-order valence-corrected chi connectivity index (χ2v) is 5.17. The van der Waals surface area contributed by atoms with Crippen molar-refractivity contribution in [2.24, 2.45) is 0 Å². The van der Waals surface area contributed by atoms with E-state index in [-0.39, 0.29) is 5.97 Å². The van der Waals surface area contributed by atoms with Crippen LogP contribution in [0.4, 0.5) is 5.69 Å². The summed E-state index contributed by atoms with van der Waals surface area (Å²) in [5, 5.41) is 0. The average molecular weight is 277 g/mol. The molecule has 0 radical (unpaired) electrons. The zero-order valence-corrected chi connectivity index (χ0v) is 12.6. The van der Waals surface area contributed by atoms with Crippen molar-refractivity contribution in [1.29, 1.82) is 0 Å². The van der Waals surface area contributed by atoms with Gasteiger partial charge in [-0.1, -0.05) is 70.1 Å². The van der Waals surface area contributed by atoms with Crippen LogP contribution in [-0.2, 0) is 9.63 Å². The molecular formula is C17H27NO2. The Kier molecular flexibility index (Phi) is 9.37. The number of hydrogen-bond acceptors (Lipinski definition) is 3. The molecule has 1 N–H and O–H groups in total. The molecule has 0 aliphatic rings. The Hall–Kier alpha value is -1.51. The molecule has 0 heterocycles. The number of carbonyl (C=O) groups excluding carboxylic acids is 1. The molecule has 3 heteroatoms. The molecule has 0 saturated heterocycles. The summed E-state index contributed by atoms with van der Waals surface area (Å²) in [6, 6.07) is 9.45. The highest BCUT2D eigenvalue weighted by molar-refractivity contribution is 5.70. The molecule has 0 unspecified atom stereocenters. The van der Waals surface area contributed by atoms with E-state index in [0.717, 1.165) is 18.5 Å². The highest BCUT2D eigenvalue weighted by Crippen LogP contribution is 2.10. The van der Waals surface area contributed by atoms with E-state index in [4.69, 9.17) is 4.84 Å². The predicted molar refractivity (Wildman–Crippen MR) is 83.4 cm³/mol. The molecule has 0 saturated carbocycles. The van der Waals surface area contributed by atoms with Crippen LogP contribution in [0.5, 0.6) is 0 Å². The van der Waals surface area contributed by atoms with Gasteiger partial charge in [0.05, 0.1) is 5.69 Å². The molecule has 0 aromatic heterocycles. The summed E-state index contributed by atoms with van der Waals surface area (Å²) in [7, 11) is 0. The van der Waals surface area contributed by atoms with E-state index in [1.165, 1.54) is 38.5 Å². The first-order valence-electron chi connectivity index (χ1n) is 7.83. The molecular weight excluding hydrogens is 250 g/mol. The lowest BCUT2D eigenvalue weighted by Crippen LogP contribution is -2.09. The third-order valence-electron chi connectivity index (χ3n) is 3.29. The van der Waals surface area contributed by atoms with Gasteiger partial charge in [0.1, 0.15) is 0 Å². The molecule has 0 spiro atoms. The number of unbranched alkanes of at least 4 members (excludes halogenated alkanes) is 7. The van der Waals surface area contributed by atoms with Crippen molar-refractivity contribution >= 4 is 11.7 Å². The van der Waals surface area contributed by atoms with Crippen LogP contribution < -0.4 is 5.48 Å². The van der Waals surface area contributed by atoms with Gasteiger partial charge in [0, 0.05) is 6.42 Å². The lowest BCUT2D eigenvalue weighted by molar-refractivity contribution is -0.140. The van der Waals surface area contributed by atoms with Crippen LogP contribution in [0.2, 0.25) is 0 Å². The maximum Gasteiger partial charge on any atom is 0.332 e. The first-order valence-corrected chi connectivity index (χ1v) is 7.83. The number of hydrogen-bond donors (Lipinski definition) is 1. The van der Waals surface area contributed by atoms with Gasteiger partial charge < -0.3 is 4.84 Å². The molecule has 112 valence electrons. The van der Waals surface area contributed by atoms with Crippen LogP contribution >= 0.6 is 0 Å². The number of rotatable bonds is 11. The fourth-order valence-electron chi connectivity index (χ4n) is 2.08. The minimum Gasteiger partial charge on any atom is -0.343 e. The van der Waals surface area contributed by atoms with E-state index in [2.05, 4.69) is 12.4 Å². The minimum atomic E-state index is -0.181. The molecule has 20 heavy (non-hydrogen) atoms. The Morgan fingerprint density at radius 3 is 2.20 bits per heavy atom. The summed E-state index contributed by atoms with van der Waals surface area (Å²) >= 11 is 0. The van der Waals surface area contributed by atoms with Crippen LogP contribution in [0, 0.1) is 0 Å². The topological polar surface area (TPSA) is 38.3 Å². The van der Waals surface area contributed by atoms with E-state index in [1.807, 2.05) is 30.3 Å². The molecule has 1 aromatic rings. The van der Waals surface area contributed by atoms with Crippen LogP contribution in [-0.4, -0.2) is 5.97 Å². The van der Waals surface area contributed by atoms with Gasteiger partial charge in [-0.25, -0.2) is 10.3 Å². The van der Waals surface area contributed by atoms with E-state index >= 15 is 0 Å². The van der Waals surface area contributed by atoms with Gasteiger partial charge in [-0.2, -0.15) is 0 Å². The van der Waals surface area contributed by atoms with Crippen molar-refractivity contribution in [3.05, 3.63) is 30.3 Å². The van der Waals surface area contributed by atoms with Gasteiger partial charge >= 0.3 is 5.97 Å². The summed E-state index contributed by atoms with van der Waals surface area (Å²) in [5.41, 5.74) is 3.47. The first kappa shape index (κ1) is 16.5. The zero-order valence-electron chi connectivity index (χ0n) is 12.6. The summed E-state index contributed by atoms with van der Waals surface area (Å²) in [4.78, 5) is 16.5. The predicted octanol–water partition coefficient (Wildman–Crippen LogP) is 5.09. The fourth-order valence-corrected chi connectivity index (χ4v) is 2.08. The number of carbonyl (C=O) groups is 1. The monoisotopic (exact) mass is 277 g/mol. The summed E-state index contributed by atoms with van der Waals surface area (Å²) in [5.74, 6) is -0.181. The van der Waals surface area contributed by atoms with Crippen LogP contribution in [0.25, 0.3) is 0 Å². The number of anilines is 1. The number of para-hydroxylation sites is 1. The maximum atomic E-state index is 11.5. The third-order valence-corrected chi connectivity index (χ3v) is 3.29. The second-order valence-electron chi connectivity index (χ2n) is 5.17. The molecule has 0 aliphatic carbocycles. The SMILES string of the molecule is CCCCCCCCCCC(=O)ONc1ccccc1. The first-order chi connectivity index (χ1) is 9.83. The molecule has 0 atom stereocenters. The molecule has 0 fully saturated rings. The maximum absolute atomic E-state index is 11.5. The number of nitrogens with one attached hydrogen (secondary N) is 1. The Labute approximate surface area is 122 Å². The quantitative estimate of drug-likeness (QED) is 0.452. The smallest absolute Gasteiger partial charge is 0.332 e. The Morgan fingerprint density at radius 2 is 1.55 bits per heavy atom. The molecule has 0 bridgehead atoms. The largest absolute Gasteiger partial charge is 0.343 e.